The van der Waals surface area contributed by atoms with E-state index in [1.807, 2.05) is 24.3 Å². The number of amides is 2. The Labute approximate surface area is 141 Å². The molecular weight excluding hydrogens is 304 g/mol. The maximum absolute atomic E-state index is 12.1. The third-order valence-corrected chi connectivity index (χ3v) is 3.85. The largest absolute Gasteiger partial charge is 0.483 e. The number of carbonyl (C=O) groups is 2. The first-order valence-corrected chi connectivity index (χ1v) is 7.92. The van der Waals surface area contributed by atoms with Crippen LogP contribution in [0.3, 0.4) is 0 Å². The van der Waals surface area contributed by atoms with Crippen molar-refractivity contribution in [2.75, 3.05) is 11.9 Å². The van der Waals surface area contributed by atoms with Gasteiger partial charge in [-0.3, -0.25) is 9.59 Å². The molecule has 0 fully saturated rings. The fourth-order valence-corrected chi connectivity index (χ4v) is 2.33. The third kappa shape index (κ3) is 4.59. The van der Waals surface area contributed by atoms with Crippen molar-refractivity contribution in [3.8, 4) is 5.75 Å². The lowest BCUT2D eigenvalue weighted by Crippen LogP contribution is -2.21. The Bertz CT molecular complexity index is 728. The SMILES string of the molecule is CCC(C)c1ccccc1OCC(=O)Nc1cccc(C(N)=O)c1. The minimum atomic E-state index is -0.537. The molecular formula is C19H22N2O3. The van der Waals surface area contributed by atoms with Crippen molar-refractivity contribution in [3.05, 3.63) is 59.7 Å². The van der Waals surface area contributed by atoms with Crippen molar-refractivity contribution in [1.82, 2.24) is 0 Å². The lowest BCUT2D eigenvalue weighted by atomic mass is 9.98. The normalized spacial score (nSPS) is 11.6. The summed E-state index contributed by atoms with van der Waals surface area (Å²) < 4.78 is 5.67. The van der Waals surface area contributed by atoms with Crippen molar-refractivity contribution in [3.63, 3.8) is 0 Å². The zero-order chi connectivity index (χ0) is 17.5. The smallest absolute Gasteiger partial charge is 0.262 e. The first-order valence-electron chi connectivity index (χ1n) is 7.92. The topological polar surface area (TPSA) is 81.4 Å². The van der Waals surface area contributed by atoms with Crippen LogP contribution in [0.25, 0.3) is 0 Å². The van der Waals surface area contributed by atoms with E-state index >= 15 is 0 Å². The van der Waals surface area contributed by atoms with E-state index in [0.717, 1.165) is 12.0 Å². The van der Waals surface area contributed by atoms with Gasteiger partial charge in [-0.05, 0) is 42.2 Å². The molecule has 0 spiro atoms. The number of carbonyl (C=O) groups excluding carboxylic acids is 2. The van der Waals surface area contributed by atoms with Crippen molar-refractivity contribution >= 4 is 17.5 Å². The molecule has 0 heterocycles. The van der Waals surface area contributed by atoms with Crippen LogP contribution in [0, 0.1) is 0 Å². The van der Waals surface area contributed by atoms with Gasteiger partial charge in [0.05, 0.1) is 0 Å². The molecule has 5 heteroatoms. The Balaban J connectivity index is 1.99. The number of benzene rings is 2. The molecule has 126 valence electrons. The Morgan fingerprint density at radius 3 is 2.62 bits per heavy atom. The summed E-state index contributed by atoms with van der Waals surface area (Å²) in [6, 6.07) is 14.2. The van der Waals surface area contributed by atoms with Gasteiger partial charge in [0, 0.05) is 11.3 Å². The molecule has 0 aromatic heterocycles. The molecule has 24 heavy (non-hydrogen) atoms. The second-order valence-electron chi connectivity index (χ2n) is 5.63. The maximum atomic E-state index is 12.1. The Kier molecular flexibility index (Phi) is 5.95. The summed E-state index contributed by atoms with van der Waals surface area (Å²) in [7, 11) is 0. The van der Waals surface area contributed by atoms with Crippen LogP contribution in [-0.4, -0.2) is 18.4 Å². The third-order valence-electron chi connectivity index (χ3n) is 3.85. The Morgan fingerprint density at radius 2 is 1.92 bits per heavy atom. The van der Waals surface area contributed by atoms with E-state index in [4.69, 9.17) is 10.5 Å². The van der Waals surface area contributed by atoms with Crippen LogP contribution >= 0.6 is 0 Å². The number of ether oxygens (including phenoxy) is 1. The van der Waals surface area contributed by atoms with Crippen LogP contribution in [0.2, 0.25) is 0 Å². The molecule has 3 N–H and O–H groups in total. The average molecular weight is 326 g/mol. The van der Waals surface area contributed by atoms with Crippen molar-refractivity contribution < 1.29 is 14.3 Å². The van der Waals surface area contributed by atoms with Crippen LogP contribution in [0.4, 0.5) is 5.69 Å². The van der Waals surface area contributed by atoms with E-state index < -0.39 is 5.91 Å². The molecule has 5 nitrogen and oxygen atoms in total. The second-order valence-corrected chi connectivity index (χ2v) is 5.63. The van der Waals surface area contributed by atoms with E-state index in [-0.39, 0.29) is 12.5 Å². The van der Waals surface area contributed by atoms with Crippen LogP contribution in [0.1, 0.15) is 42.1 Å². The lowest BCUT2D eigenvalue weighted by Gasteiger charge is -2.15. The van der Waals surface area contributed by atoms with Crippen molar-refractivity contribution in [2.24, 2.45) is 5.73 Å². The number of rotatable bonds is 7. The fourth-order valence-electron chi connectivity index (χ4n) is 2.33. The van der Waals surface area contributed by atoms with Crippen LogP contribution in [0.5, 0.6) is 5.75 Å². The Hall–Kier alpha value is -2.82. The standard InChI is InChI=1S/C19H22N2O3/c1-3-13(2)16-9-4-5-10-17(16)24-12-18(22)21-15-8-6-7-14(11-15)19(20)23/h4-11,13H,3,12H2,1-2H3,(H2,20,23)(H,21,22). The Morgan fingerprint density at radius 1 is 1.17 bits per heavy atom. The summed E-state index contributed by atoms with van der Waals surface area (Å²) in [5.41, 5.74) is 7.17. The predicted molar refractivity (Wildman–Crippen MR) is 94.2 cm³/mol. The molecule has 0 bridgehead atoms. The van der Waals surface area contributed by atoms with Gasteiger partial charge < -0.3 is 15.8 Å². The molecule has 2 aromatic rings. The molecule has 0 saturated heterocycles. The highest BCUT2D eigenvalue weighted by Crippen LogP contribution is 2.28. The minimum Gasteiger partial charge on any atom is -0.483 e. The highest BCUT2D eigenvalue weighted by atomic mass is 16.5. The minimum absolute atomic E-state index is 0.103. The quantitative estimate of drug-likeness (QED) is 0.819. The highest BCUT2D eigenvalue weighted by molar-refractivity contribution is 5.96. The number of hydrogen-bond acceptors (Lipinski definition) is 3. The highest BCUT2D eigenvalue weighted by Gasteiger charge is 2.11. The van der Waals surface area contributed by atoms with Gasteiger partial charge in [-0.25, -0.2) is 0 Å². The number of primary amides is 1. The monoisotopic (exact) mass is 326 g/mol. The summed E-state index contributed by atoms with van der Waals surface area (Å²) in [6.07, 6.45) is 0.993. The molecule has 2 amide bonds. The van der Waals surface area contributed by atoms with E-state index in [0.29, 0.717) is 22.9 Å². The molecule has 2 rings (SSSR count). The molecule has 0 aliphatic carbocycles. The van der Waals surface area contributed by atoms with Crippen LogP contribution < -0.4 is 15.8 Å². The van der Waals surface area contributed by atoms with Gasteiger partial charge in [0.2, 0.25) is 5.91 Å². The summed E-state index contributed by atoms with van der Waals surface area (Å²) in [5, 5.41) is 2.70. The van der Waals surface area contributed by atoms with E-state index in [1.54, 1.807) is 18.2 Å². The number of hydrogen-bond donors (Lipinski definition) is 2. The summed E-state index contributed by atoms with van der Waals surface area (Å²) in [6.45, 7) is 4.13. The number of nitrogens with one attached hydrogen (secondary N) is 1. The van der Waals surface area contributed by atoms with Gasteiger partial charge in [0.25, 0.3) is 5.91 Å². The molecule has 0 aliphatic heterocycles. The molecule has 1 unspecified atom stereocenters. The molecule has 0 aliphatic rings. The second kappa shape index (κ2) is 8.15. The maximum Gasteiger partial charge on any atom is 0.262 e. The molecule has 2 aromatic carbocycles. The van der Waals surface area contributed by atoms with Crippen molar-refractivity contribution in [2.45, 2.75) is 26.2 Å². The zero-order valence-electron chi connectivity index (χ0n) is 13.9. The van der Waals surface area contributed by atoms with Gasteiger partial charge >= 0.3 is 0 Å². The van der Waals surface area contributed by atoms with E-state index in [2.05, 4.69) is 19.2 Å². The zero-order valence-corrected chi connectivity index (χ0v) is 13.9. The van der Waals surface area contributed by atoms with Gasteiger partial charge in [0.15, 0.2) is 6.61 Å². The summed E-state index contributed by atoms with van der Waals surface area (Å²) in [4.78, 5) is 23.2. The molecule has 0 radical (unpaired) electrons. The van der Waals surface area contributed by atoms with Gasteiger partial charge in [-0.15, -0.1) is 0 Å². The molecule has 0 saturated carbocycles. The van der Waals surface area contributed by atoms with E-state index in [1.165, 1.54) is 6.07 Å². The van der Waals surface area contributed by atoms with Crippen LogP contribution in [0.15, 0.2) is 48.5 Å². The number of anilines is 1. The van der Waals surface area contributed by atoms with Gasteiger partial charge in [-0.1, -0.05) is 38.1 Å². The number of nitrogens with two attached hydrogens (primary N) is 1. The first kappa shape index (κ1) is 17.5. The molecule has 1 atom stereocenters. The lowest BCUT2D eigenvalue weighted by molar-refractivity contribution is -0.118. The summed E-state index contributed by atoms with van der Waals surface area (Å²) in [5.74, 6) is 0.241. The van der Waals surface area contributed by atoms with Gasteiger partial charge in [0.1, 0.15) is 5.75 Å². The fraction of sp³-hybridized carbons (Fsp3) is 0.263. The average Bonchev–Trinajstić information content (AvgIpc) is 2.59. The van der Waals surface area contributed by atoms with Crippen LogP contribution in [-0.2, 0) is 4.79 Å². The van der Waals surface area contributed by atoms with Gasteiger partial charge in [-0.2, -0.15) is 0 Å². The van der Waals surface area contributed by atoms with E-state index in [9.17, 15) is 9.59 Å². The first-order chi connectivity index (χ1) is 11.5. The summed E-state index contributed by atoms with van der Waals surface area (Å²) >= 11 is 0. The predicted octanol–water partition coefficient (Wildman–Crippen LogP) is 3.32. The number of para-hydroxylation sites is 1. The van der Waals surface area contributed by atoms with Crippen molar-refractivity contribution in [1.29, 1.82) is 0 Å².